The Hall–Kier alpha value is -1.59. The van der Waals surface area contributed by atoms with E-state index in [-0.39, 0.29) is 0 Å². The lowest BCUT2D eigenvalue weighted by Crippen LogP contribution is -1.88. The molecule has 0 fully saturated rings. The molecule has 2 aromatic heterocycles. The molecule has 0 spiro atoms. The lowest BCUT2D eigenvalue weighted by Gasteiger charge is -1.99. The number of pyridine rings is 1. The summed E-state index contributed by atoms with van der Waals surface area (Å²) in [5.41, 5.74) is 7.97. The van der Waals surface area contributed by atoms with Gasteiger partial charge < -0.3 is 10.7 Å². The number of hydrogen-bond acceptors (Lipinski definition) is 3. The Morgan fingerprint density at radius 1 is 1.17 bits per heavy atom. The molecule has 6 heteroatoms. The number of nitrogens with two attached hydrogens (primary N) is 1. The number of nitrogens with one attached hydrogen (secondary N) is 1. The average Bonchev–Trinajstić information content (AvgIpc) is 2.75. The van der Waals surface area contributed by atoms with Crippen LogP contribution in [0.15, 0.2) is 34.8 Å². The monoisotopic (exact) mass is 322 g/mol. The number of fused-ring (bicyclic) bond motifs is 1. The Morgan fingerprint density at radius 3 is 2.78 bits per heavy atom. The van der Waals surface area contributed by atoms with Gasteiger partial charge in [-0.15, -0.1) is 0 Å². The fourth-order valence-corrected chi connectivity index (χ4v) is 2.11. The standard InChI is InChI=1S/C12H8BrClN4/c13-7-2-1-6(5-8(7)14)11-16-9-3-4-10(15)17-12(9)18-11/h1-5H,(H3,15,16,17,18). The van der Waals surface area contributed by atoms with Gasteiger partial charge in [0.05, 0.1) is 10.5 Å². The molecule has 18 heavy (non-hydrogen) atoms. The molecule has 0 saturated heterocycles. The van der Waals surface area contributed by atoms with Crippen molar-refractivity contribution < 1.29 is 0 Å². The second-order valence-corrected chi connectivity index (χ2v) is 5.08. The number of aromatic nitrogens is 3. The maximum Gasteiger partial charge on any atom is 0.180 e. The van der Waals surface area contributed by atoms with Crippen LogP contribution in [0.5, 0.6) is 0 Å². The highest BCUT2D eigenvalue weighted by molar-refractivity contribution is 9.10. The van der Waals surface area contributed by atoms with Crippen LogP contribution < -0.4 is 5.73 Å². The molecule has 0 atom stereocenters. The van der Waals surface area contributed by atoms with Crippen LogP contribution in [0.4, 0.5) is 5.82 Å². The summed E-state index contributed by atoms with van der Waals surface area (Å²) in [4.78, 5) is 11.7. The first kappa shape index (κ1) is 11.5. The van der Waals surface area contributed by atoms with Crippen LogP contribution >= 0.6 is 27.5 Å². The van der Waals surface area contributed by atoms with Gasteiger partial charge in [-0.1, -0.05) is 17.7 Å². The van der Waals surface area contributed by atoms with Crippen molar-refractivity contribution >= 4 is 44.5 Å². The van der Waals surface area contributed by atoms with Crippen LogP contribution in [0, 0.1) is 0 Å². The summed E-state index contributed by atoms with van der Waals surface area (Å²) >= 11 is 9.42. The highest BCUT2D eigenvalue weighted by Crippen LogP contribution is 2.28. The van der Waals surface area contributed by atoms with E-state index in [0.717, 1.165) is 21.4 Å². The average molecular weight is 324 g/mol. The highest BCUT2D eigenvalue weighted by Gasteiger charge is 2.08. The van der Waals surface area contributed by atoms with Crippen LogP contribution in [-0.4, -0.2) is 15.0 Å². The van der Waals surface area contributed by atoms with Crippen molar-refractivity contribution in [3.05, 3.63) is 39.8 Å². The molecule has 0 unspecified atom stereocenters. The molecule has 0 radical (unpaired) electrons. The Balaban J connectivity index is 2.16. The van der Waals surface area contributed by atoms with Gasteiger partial charge in [0.15, 0.2) is 5.65 Å². The van der Waals surface area contributed by atoms with Gasteiger partial charge in [-0.3, -0.25) is 0 Å². The first-order valence-electron chi connectivity index (χ1n) is 5.21. The van der Waals surface area contributed by atoms with E-state index in [9.17, 15) is 0 Å². The normalized spacial score (nSPS) is 11.0. The topological polar surface area (TPSA) is 67.6 Å². The van der Waals surface area contributed by atoms with Gasteiger partial charge in [0, 0.05) is 10.0 Å². The van der Waals surface area contributed by atoms with Crippen molar-refractivity contribution in [2.45, 2.75) is 0 Å². The summed E-state index contributed by atoms with van der Waals surface area (Å²) in [7, 11) is 0. The zero-order valence-corrected chi connectivity index (χ0v) is 11.5. The molecule has 0 aliphatic carbocycles. The molecular formula is C12H8BrClN4. The van der Waals surface area contributed by atoms with Crippen molar-refractivity contribution in [1.29, 1.82) is 0 Å². The molecule has 90 valence electrons. The van der Waals surface area contributed by atoms with Gasteiger partial charge in [0.2, 0.25) is 0 Å². The van der Waals surface area contributed by atoms with Crippen molar-refractivity contribution in [3.8, 4) is 11.4 Å². The number of nitrogens with zero attached hydrogens (tertiary/aromatic N) is 2. The Morgan fingerprint density at radius 2 is 2.00 bits per heavy atom. The molecule has 4 nitrogen and oxygen atoms in total. The number of anilines is 1. The van der Waals surface area contributed by atoms with Crippen LogP contribution in [-0.2, 0) is 0 Å². The molecule has 3 N–H and O–H groups in total. The van der Waals surface area contributed by atoms with E-state index >= 15 is 0 Å². The van der Waals surface area contributed by atoms with Gasteiger partial charge in [0.1, 0.15) is 11.6 Å². The summed E-state index contributed by atoms with van der Waals surface area (Å²) in [5.74, 6) is 1.17. The van der Waals surface area contributed by atoms with Gasteiger partial charge in [-0.25, -0.2) is 9.97 Å². The summed E-state index contributed by atoms with van der Waals surface area (Å²) in [6.07, 6.45) is 0. The van der Waals surface area contributed by atoms with Gasteiger partial charge in [-0.2, -0.15) is 0 Å². The van der Waals surface area contributed by atoms with Crippen LogP contribution in [0.2, 0.25) is 5.02 Å². The van der Waals surface area contributed by atoms with Crippen LogP contribution in [0.1, 0.15) is 0 Å². The molecule has 0 saturated carbocycles. The number of benzene rings is 1. The molecule has 0 aliphatic heterocycles. The van der Waals surface area contributed by atoms with Crippen molar-refractivity contribution in [2.24, 2.45) is 0 Å². The first-order valence-corrected chi connectivity index (χ1v) is 6.38. The first-order chi connectivity index (χ1) is 8.63. The number of H-pyrrole nitrogens is 1. The summed E-state index contributed by atoms with van der Waals surface area (Å²) < 4.78 is 0.853. The fourth-order valence-electron chi connectivity index (χ4n) is 1.69. The third-order valence-electron chi connectivity index (χ3n) is 2.56. The number of aromatic amines is 1. The largest absolute Gasteiger partial charge is 0.384 e. The van der Waals surface area contributed by atoms with E-state index in [2.05, 4.69) is 30.9 Å². The summed E-state index contributed by atoms with van der Waals surface area (Å²) in [6.45, 7) is 0. The maximum absolute atomic E-state index is 6.06. The van der Waals surface area contributed by atoms with Gasteiger partial charge in [0.25, 0.3) is 0 Å². The van der Waals surface area contributed by atoms with Crippen molar-refractivity contribution in [2.75, 3.05) is 5.73 Å². The molecular weight excluding hydrogens is 316 g/mol. The Labute approximate surface area is 116 Å². The summed E-state index contributed by atoms with van der Waals surface area (Å²) in [6, 6.07) is 9.24. The van der Waals surface area contributed by atoms with Crippen LogP contribution in [0.3, 0.4) is 0 Å². The molecule has 3 rings (SSSR count). The predicted molar refractivity (Wildman–Crippen MR) is 76.4 cm³/mol. The third kappa shape index (κ3) is 1.95. The molecule has 0 amide bonds. The zero-order chi connectivity index (χ0) is 12.7. The minimum absolute atomic E-state index is 0.453. The lowest BCUT2D eigenvalue weighted by molar-refractivity contribution is 1.30. The van der Waals surface area contributed by atoms with E-state index in [1.165, 1.54) is 0 Å². The Bertz CT molecular complexity index is 738. The van der Waals surface area contributed by atoms with Gasteiger partial charge >= 0.3 is 0 Å². The van der Waals surface area contributed by atoms with Crippen LogP contribution in [0.25, 0.3) is 22.6 Å². The quantitative estimate of drug-likeness (QED) is 0.718. The fraction of sp³-hybridized carbons (Fsp3) is 0. The highest BCUT2D eigenvalue weighted by atomic mass is 79.9. The molecule has 2 heterocycles. The zero-order valence-electron chi connectivity index (χ0n) is 9.11. The lowest BCUT2D eigenvalue weighted by atomic mass is 10.2. The maximum atomic E-state index is 6.06. The molecule has 3 aromatic rings. The van der Waals surface area contributed by atoms with E-state index < -0.39 is 0 Å². The second-order valence-electron chi connectivity index (χ2n) is 3.82. The van der Waals surface area contributed by atoms with E-state index in [4.69, 9.17) is 17.3 Å². The van der Waals surface area contributed by atoms with E-state index in [0.29, 0.717) is 16.5 Å². The third-order valence-corrected chi connectivity index (χ3v) is 3.79. The molecule has 1 aromatic carbocycles. The number of halogens is 2. The minimum atomic E-state index is 0.453. The predicted octanol–water partition coefficient (Wildman–Crippen LogP) is 3.62. The molecule has 0 aliphatic rings. The second kappa shape index (κ2) is 4.26. The SMILES string of the molecule is Nc1ccc2[nH]c(-c3ccc(Br)c(Cl)c3)nc2n1. The van der Waals surface area contributed by atoms with Crippen molar-refractivity contribution in [3.63, 3.8) is 0 Å². The number of rotatable bonds is 1. The minimum Gasteiger partial charge on any atom is -0.384 e. The molecule has 0 bridgehead atoms. The van der Waals surface area contributed by atoms with Gasteiger partial charge in [-0.05, 0) is 40.2 Å². The van der Waals surface area contributed by atoms with Crippen molar-refractivity contribution in [1.82, 2.24) is 15.0 Å². The number of nitrogen functional groups attached to an aromatic ring is 1. The smallest absolute Gasteiger partial charge is 0.180 e. The van der Waals surface area contributed by atoms with E-state index in [1.54, 1.807) is 6.07 Å². The number of hydrogen-bond donors (Lipinski definition) is 2. The Kier molecular flexibility index (Phi) is 2.72. The number of imidazole rings is 1. The summed E-state index contributed by atoms with van der Waals surface area (Å²) in [5, 5.41) is 0.639. The van der Waals surface area contributed by atoms with E-state index in [1.807, 2.05) is 24.3 Å².